The van der Waals surface area contributed by atoms with E-state index in [4.69, 9.17) is 21.6 Å². The van der Waals surface area contributed by atoms with E-state index in [0.29, 0.717) is 22.9 Å². The Morgan fingerprint density at radius 3 is 2.57 bits per heavy atom. The predicted molar refractivity (Wildman–Crippen MR) is 82.6 cm³/mol. The molecule has 108 valence electrons. The van der Waals surface area contributed by atoms with Crippen LogP contribution in [0.3, 0.4) is 0 Å². The van der Waals surface area contributed by atoms with Crippen molar-refractivity contribution in [3.63, 3.8) is 0 Å². The van der Waals surface area contributed by atoms with E-state index in [1.807, 2.05) is 12.1 Å². The Kier molecular flexibility index (Phi) is 5.04. The number of methoxy groups -OCH3 is 1. The van der Waals surface area contributed by atoms with Crippen LogP contribution in [-0.4, -0.2) is 18.8 Å². The van der Waals surface area contributed by atoms with Gasteiger partial charge in [0.1, 0.15) is 5.75 Å². The Bertz CT molecular complexity index is 650. The van der Waals surface area contributed by atoms with Crippen LogP contribution in [0.1, 0.15) is 17.2 Å². The van der Waals surface area contributed by atoms with Gasteiger partial charge in [-0.25, -0.2) is 0 Å². The number of rotatable bonds is 5. The molecule has 0 saturated carbocycles. The second-order valence-corrected chi connectivity index (χ2v) is 4.89. The Balaban J connectivity index is 1.98. The molecule has 4 nitrogen and oxygen atoms in total. The molecular formula is C16H15ClN2O2. The molecule has 0 fully saturated rings. The summed E-state index contributed by atoms with van der Waals surface area (Å²) in [5, 5.41) is 22.5. The number of ether oxygens (including phenoxy) is 1. The number of nitrogens with zero attached hydrogens (tertiary/aromatic N) is 1. The minimum absolute atomic E-state index is 0.342. The second-order valence-electron chi connectivity index (χ2n) is 4.48. The van der Waals surface area contributed by atoms with Crippen LogP contribution in [0.5, 0.6) is 5.75 Å². The van der Waals surface area contributed by atoms with Gasteiger partial charge in [-0.15, -0.1) is 0 Å². The van der Waals surface area contributed by atoms with E-state index in [0.717, 1.165) is 11.3 Å². The lowest BCUT2D eigenvalue weighted by molar-refractivity contribution is 0.191. The van der Waals surface area contributed by atoms with Crippen LogP contribution in [0.2, 0.25) is 5.02 Å². The summed E-state index contributed by atoms with van der Waals surface area (Å²) in [4.78, 5) is 0. The van der Waals surface area contributed by atoms with Gasteiger partial charge in [0.05, 0.1) is 29.9 Å². The van der Waals surface area contributed by atoms with Crippen molar-refractivity contribution in [1.82, 2.24) is 0 Å². The van der Waals surface area contributed by atoms with E-state index in [9.17, 15) is 5.11 Å². The van der Waals surface area contributed by atoms with E-state index in [1.165, 1.54) is 0 Å². The molecule has 2 N–H and O–H groups in total. The average molecular weight is 303 g/mol. The van der Waals surface area contributed by atoms with Gasteiger partial charge in [0.25, 0.3) is 0 Å². The summed E-state index contributed by atoms with van der Waals surface area (Å²) in [5.41, 5.74) is 2.12. The first kappa shape index (κ1) is 15.2. The molecule has 2 aromatic carbocycles. The van der Waals surface area contributed by atoms with Gasteiger partial charge in [-0.3, -0.25) is 0 Å². The van der Waals surface area contributed by atoms with E-state index in [1.54, 1.807) is 43.5 Å². The van der Waals surface area contributed by atoms with E-state index in [-0.39, 0.29) is 0 Å². The molecule has 21 heavy (non-hydrogen) atoms. The topological polar surface area (TPSA) is 65.3 Å². The maximum absolute atomic E-state index is 10.1. The fraction of sp³-hybridized carbons (Fsp3) is 0.188. The number of hydrogen-bond donors (Lipinski definition) is 2. The molecule has 0 saturated heterocycles. The number of anilines is 1. The van der Waals surface area contributed by atoms with Gasteiger partial charge in [0.15, 0.2) is 0 Å². The minimum atomic E-state index is -0.668. The normalized spacial score (nSPS) is 11.5. The molecule has 0 bridgehead atoms. The van der Waals surface area contributed by atoms with Gasteiger partial charge in [0.2, 0.25) is 0 Å². The van der Waals surface area contributed by atoms with Crippen molar-refractivity contribution in [3.05, 3.63) is 58.6 Å². The van der Waals surface area contributed by atoms with Crippen molar-refractivity contribution in [2.24, 2.45) is 0 Å². The van der Waals surface area contributed by atoms with Gasteiger partial charge in [-0.05, 0) is 35.9 Å². The van der Waals surface area contributed by atoms with Crippen LogP contribution in [0, 0.1) is 11.3 Å². The first-order chi connectivity index (χ1) is 10.1. The van der Waals surface area contributed by atoms with Gasteiger partial charge in [-0.2, -0.15) is 5.26 Å². The summed E-state index contributed by atoms with van der Waals surface area (Å²) in [6.07, 6.45) is -0.668. The van der Waals surface area contributed by atoms with E-state index < -0.39 is 6.10 Å². The molecule has 5 heteroatoms. The smallest absolute Gasteiger partial charge is 0.137 e. The van der Waals surface area contributed by atoms with E-state index in [2.05, 4.69) is 5.32 Å². The Morgan fingerprint density at radius 2 is 2.00 bits per heavy atom. The molecule has 1 atom stereocenters. The minimum Gasteiger partial charge on any atom is -0.495 e. The summed E-state index contributed by atoms with van der Waals surface area (Å²) in [6, 6.07) is 14.2. The highest BCUT2D eigenvalue weighted by atomic mass is 35.5. The summed E-state index contributed by atoms with van der Waals surface area (Å²) in [6.45, 7) is 0.342. The number of benzene rings is 2. The monoisotopic (exact) mass is 302 g/mol. The van der Waals surface area contributed by atoms with Crippen molar-refractivity contribution in [3.8, 4) is 11.8 Å². The SMILES string of the molecule is COc1ccc(NCC(O)c2ccc(C#N)cc2)cc1Cl. The van der Waals surface area contributed by atoms with Crippen molar-refractivity contribution in [2.45, 2.75) is 6.10 Å². The molecule has 0 aliphatic carbocycles. The Labute approximate surface area is 128 Å². The molecule has 2 rings (SSSR count). The first-order valence-electron chi connectivity index (χ1n) is 6.39. The zero-order valence-electron chi connectivity index (χ0n) is 11.5. The Hall–Kier alpha value is -2.22. The molecule has 0 aromatic heterocycles. The Morgan fingerprint density at radius 1 is 1.29 bits per heavy atom. The summed E-state index contributed by atoms with van der Waals surface area (Å²) >= 11 is 6.04. The molecule has 0 spiro atoms. The standard InChI is InChI=1S/C16H15ClN2O2/c1-21-16-7-6-13(8-14(16)17)19-10-15(20)12-4-2-11(9-18)3-5-12/h2-8,15,19-20H,10H2,1H3. The lowest BCUT2D eigenvalue weighted by Crippen LogP contribution is -2.12. The summed E-state index contributed by atoms with van der Waals surface area (Å²) < 4.78 is 5.08. The maximum Gasteiger partial charge on any atom is 0.137 e. The lowest BCUT2D eigenvalue weighted by Gasteiger charge is -2.14. The van der Waals surface area contributed by atoms with Crippen molar-refractivity contribution >= 4 is 17.3 Å². The fourth-order valence-electron chi connectivity index (χ4n) is 1.89. The van der Waals surface area contributed by atoms with Gasteiger partial charge >= 0.3 is 0 Å². The summed E-state index contributed by atoms with van der Waals surface area (Å²) in [5.74, 6) is 0.606. The molecule has 0 aliphatic heterocycles. The maximum atomic E-state index is 10.1. The van der Waals surface area contributed by atoms with Crippen LogP contribution >= 0.6 is 11.6 Å². The third-order valence-electron chi connectivity index (χ3n) is 3.08. The third kappa shape index (κ3) is 3.88. The lowest BCUT2D eigenvalue weighted by atomic mass is 10.1. The molecule has 0 amide bonds. The molecule has 0 aliphatic rings. The van der Waals surface area contributed by atoms with Gasteiger partial charge < -0.3 is 15.2 Å². The number of nitriles is 1. The number of hydrogen-bond acceptors (Lipinski definition) is 4. The van der Waals surface area contributed by atoms with Crippen molar-refractivity contribution in [1.29, 1.82) is 5.26 Å². The molecule has 0 radical (unpaired) electrons. The largest absolute Gasteiger partial charge is 0.495 e. The molecular weight excluding hydrogens is 288 g/mol. The highest BCUT2D eigenvalue weighted by molar-refractivity contribution is 6.32. The zero-order chi connectivity index (χ0) is 15.2. The van der Waals surface area contributed by atoms with Crippen LogP contribution in [-0.2, 0) is 0 Å². The van der Waals surface area contributed by atoms with Crippen LogP contribution in [0.15, 0.2) is 42.5 Å². The fourth-order valence-corrected chi connectivity index (χ4v) is 2.15. The van der Waals surface area contributed by atoms with Crippen LogP contribution in [0.25, 0.3) is 0 Å². The second kappa shape index (κ2) is 6.98. The van der Waals surface area contributed by atoms with E-state index >= 15 is 0 Å². The average Bonchev–Trinajstić information content (AvgIpc) is 2.52. The van der Waals surface area contributed by atoms with Crippen molar-refractivity contribution < 1.29 is 9.84 Å². The number of nitrogens with one attached hydrogen (secondary N) is 1. The van der Waals surface area contributed by atoms with Crippen LogP contribution in [0.4, 0.5) is 5.69 Å². The quantitative estimate of drug-likeness (QED) is 0.889. The number of aliphatic hydroxyl groups is 1. The van der Waals surface area contributed by atoms with Crippen LogP contribution < -0.4 is 10.1 Å². The van der Waals surface area contributed by atoms with Gasteiger partial charge in [-0.1, -0.05) is 23.7 Å². The predicted octanol–water partition coefficient (Wildman–Crippen LogP) is 3.37. The molecule has 0 heterocycles. The molecule has 1 unspecified atom stereocenters. The van der Waals surface area contributed by atoms with Gasteiger partial charge in [0, 0.05) is 12.2 Å². The third-order valence-corrected chi connectivity index (χ3v) is 3.37. The first-order valence-corrected chi connectivity index (χ1v) is 6.77. The summed E-state index contributed by atoms with van der Waals surface area (Å²) in [7, 11) is 1.56. The van der Waals surface area contributed by atoms with Crippen molar-refractivity contribution in [2.75, 3.05) is 19.0 Å². The number of halogens is 1. The number of aliphatic hydroxyl groups excluding tert-OH is 1. The molecule has 2 aromatic rings. The highest BCUT2D eigenvalue weighted by Gasteiger charge is 2.08. The zero-order valence-corrected chi connectivity index (χ0v) is 12.3. The highest BCUT2D eigenvalue weighted by Crippen LogP contribution is 2.27.